The molecule has 5 aliphatic rings. The predicted octanol–water partition coefficient (Wildman–Crippen LogP) is 7.94. The number of hydrogen-bond acceptors (Lipinski definition) is 8. The van der Waals surface area contributed by atoms with Crippen LogP contribution in [-0.2, 0) is 24.0 Å². The summed E-state index contributed by atoms with van der Waals surface area (Å²) in [5, 5.41) is 36.9. The van der Waals surface area contributed by atoms with Gasteiger partial charge in [-0.05, 0) is 108 Å². The highest BCUT2D eigenvalue weighted by molar-refractivity contribution is 5.89. The number of phenolic OH excluding ortho intramolecular Hbond substituents is 2. The minimum atomic E-state index is -0.465. The summed E-state index contributed by atoms with van der Waals surface area (Å²) < 4.78 is 26.3. The first-order chi connectivity index (χ1) is 26.5. The summed E-state index contributed by atoms with van der Waals surface area (Å²) in [5.74, 6) is 2.47. The summed E-state index contributed by atoms with van der Waals surface area (Å²) in [5.41, 5.74) is 10.6. The Kier molecular flexibility index (Phi) is 8.34. The van der Waals surface area contributed by atoms with Gasteiger partial charge < -0.3 is 39.3 Å². The molecule has 0 saturated heterocycles. The first-order valence-electron chi connectivity index (χ1n) is 19.5. The Balaban J connectivity index is 1.13. The molecule has 0 bridgehead atoms. The molecule has 5 aromatic rings. The molecule has 2 aliphatic heterocycles. The smallest absolute Gasteiger partial charge is 0.160 e. The van der Waals surface area contributed by atoms with Gasteiger partial charge in [0.2, 0.25) is 0 Å². The van der Waals surface area contributed by atoms with Crippen LogP contribution >= 0.6 is 0 Å². The average molecular weight is 727 g/mol. The van der Waals surface area contributed by atoms with Crippen LogP contribution in [0.2, 0.25) is 0 Å². The van der Waals surface area contributed by atoms with Crippen molar-refractivity contribution in [2.45, 2.75) is 87.6 Å². The Hall–Kier alpha value is -4.96. The van der Waals surface area contributed by atoms with Gasteiger partial charge in [0.25, 0.3) is 0 Å². The van der Waals surface area contributed by atoms with E-state index in [0.717, 1.165) is 75.2 Å². The highest BCUT2D eigenvalue weighted by Crippen LogP contribution is 2.59. The number of hydrogen-bond donors (Lipinski definition) is 5. The Bertz CT molecular complexity index is 2290. The van der Waals surface area contributed by atoms with Crippen LogP contribution in [-0.4, -0.2) is 59.0 Å². The molecule has 0 amide bonds. The van der Waals surface area contributed by atoms with Crippen LogP contribution < -0.4 is 19.5 Å². The number of phenols is 2. The fraction of sp³-hybridized carbons (Fsp3) is 0.378. The number of allylic oxidation sites excluding steroid dienone is 1. The molecule has 0 radical (unpaired) electrons. The molecule has 10 rings (SSSR count). The SMILES string of the molecule is COc1cc(C2Oc3c(c4c(c5c3CCC(CO)O5)-c3ccc(O)c5c3C(C4)C(c3ccc4[nH]ccc4c3)C=C5)CC2OCNC2CCCC2)ccc1O. The Labute approximate surface area is 314 Å². The molecule has 54 heavy (non-hydrogen) atoms. The van der Waals surface area contributed by atoms with E-state index in [0.29, 0.717) is 37.8 Å². The second-order valence-corrected chi connectivity index (χ2v) is 15.6. The van der Waals surface area contributed by atoms with Crippen molar-refractivity contribution in [3.05, 3.63) is 106 Å². The van der Waals surface area contributed by atoms with Crippen LogP contribution in [0.4, 0.5) is 0 Å². The first-order valence-corrected chi connectivity index (χ1v) is 19.5. The van der Waals surface area contributed by atoms with Gasteiger partial charge in [-0.15, -0.1) is 0 Å². The highest BCUT2D eigenvalue weighted by Gasteiger charge is 2.44. The van der Waals surface area contributed by atoms with E-state index in [-0.39, 0.29) is 42.1 Å². The van der Waals surface area contributed by atoms with Crippen LogP contribution in [0.25, 0.3) is 28.1 Å². The van der Waals surface area contributed by atoms with Crippen LogP contribution in [0, 0.1) is 0 Å². The van der Waals surface area contributed by atoms with Gasteiger partial charge in [0.1, 0.15) is 29.5 Å². The van der Waals surface area contributed by atoms with Crippen molar-refractivity contribution in [3.8, 4) is 39.9 Å². The highest BCUT2D eigenvalue weighted by atomic mass is 16.6. The lowest BCUT2D eigenvalue weighted by molar-refractivity contribution is -0.0476. The number of rotatable bonds is 8. The normalized spacial score (nSPS) is 23.9. The number of methoxy groups -OCH3 is 1. The van der Waals surface area contributed by atoms with E-state index in [1.54, 1.807) is 19.2 Å². The lowest BCUT2D eigenvalue weighted by Gasteiger charge is -2.43. The number of aliphatic hydroxyl groups excluding tert-OH is 1. The Morgan fingerprint density at radius 2 is 1.72 bits per heavy atom. The third-order valence-corrected chi connectivity index (χ3v) is 12.7. The van der Waals surface area contributed by atoms with Gasteiger partial charge in [0.15, 0.2) is 17.6 Å². The fourth-order valence-corrected chi connectivity index (χ4v) is 9.96. The molecular formula is C45H46N2O7. The predicted molar refractivity (Wildman–Crippen MR) is 207 cm³/mol. The summed E-state index contributed by atoms with van der Waals surface area (Å²) in [6.07, 6.45) is 12.7. The van der Waals surface area contributed by atoms with E-state index in [1.165, 1.54) is 29.4 Å². The first kappa shape index (κ1) is 33.6. The summed E-state index contributed by atoms with van der Waals surface area (Å²) in [4.78, 5) is 3.33. The van der Waals surface area contributed by atoms with E-state index in [2.05, 4.69) is 52.8 Å². The average Bonchev–Trinajstić information content (AvgIpc) is 3.91. The Morgan fingerprint density at radius 1 is 0.870 bits per heavy atom. The van der Waals surface area contributed by atoms with Crippen molar-refractivity contribution < 1.29 is 34.3 Å². The lowest BCUT2D eigenvalue weighted by atomic mass is 9.65. The molecule has 5 unspecified atom stereocenters. The third kappa shape index (κ3) is 5.47. The van der Waals surface area contributed by atoms with Crippen LogP contribution in [0.5, 0.6) is 28.7 Å². The quantitative estimate of drug-likeness (QED) is 0.102. The minimum absolute atomic E-state index is 0.0536. The maximum atomic E-state index is 11.2. The molecule has 4 aromatic carbocycles. The molecule has 5 N–H and O–H groups in total. The summed E-state index contributed by atoms with van der Waals surface area (Å²) >= 11 is 0. The monoisotopic (exact) mass is 726 g/mol. The second-order valence-electron chi connectivity index (χ2n) is 15.6. The van der Waals surface area contributed by atoms with Gasteiger partial charge in [0, 0.05) is 52.3 Å². The van der Waals surface area contributed by atoms with Gasteiger partial charge in [-0.3, -0.25) is 5.32 Å². The molecule has 1 fully saturated rings. The number of nitrogens with one attached hydrogen (secondary N) is 2. The maximum absolute atomic E-state index is 11.2. The van der Waals surface area contributed by atoms with Crippen molar-refractivity contribution >= 4 is 17.0 Å². The molecule has 5 atom stereocenters. The number of aromatic nitrogens is 1. The zero-order valence-electron chi connectivity index (χ0n) is 30.4. The van der Waals surface area contributed by atoms with E-state index >= 15 is 0 Å². The lowest BCUT2D eigenvalue weighted by Crippen LogP contribution is -2.39. The number of ether oxygens (including phenoxy) is 4. The molecule has 3 aliphatic carbocycles. The summed E-state index contributed by atoms with van der Waals surface area (Å²) in [6.45, 7) is 0.339. The van der Waals surface area contributed by atoms with Crippen LogP contribution in [0.15, 0.2) is 66.9 Å². The maximum Gasteiger partial charge on any atom is 0.160 e. The minimum Gasteiger partial charge on any atom is -0.507 e. The largest absolute Gasteiger partial charge is 0.507 e. The molecule has 3 heterocycles. The van der Waals surface area contributed by atoms with Gasteiger partial charge in [-0.25, -0.2) is 0 Å². The van der Waals surface area contributed by atoms with Gasteiger partial charge >= 0.3 is 0 Å². The molecular weight excluding hydrogens is 681 g/mol. The van der Waals surface area contributed by atoms with Crippen molar-refractivity contribution in [2.24, 2.45) is 0 Å². The van der Waals surface area contributed by atoms with Crippen molar-refractivity contribution in [2.75, 3.05) is 20.4 Å². The van der Waals surface area contributed by atoms with Crippen LogP contribution in [0.1, 0.15) is 89.0 Å². The van der Waals surface area contributed by atoms with Crippen molar-refractivity contribution in [1.29, 1.82) is 0 Å². The van der Waals surface area contributed by atoms with Crippen molar-refractivity contribution in [1.82, 2.24) is 10.3 Å². The van der Waals surface area contributed by atoms with E-state index in [1.807, 2.05) is 18.3 Å². The molecule has 9 nitrogen and oxygen atoms in total. The summed E-state index contributed by atoms with van der Waals surface area (Å²) in [6, 6.07) is 18.5. The van der Waals surface area contributed by atoms with Crippen LogP contribution in [0.3, 0.4) is 0 Å². The van der Waals surface area contributed by atoms with E-state index in [4.69, 9.17) is 18.9 Å². The topological polar surface area (TPSA) is 125 Å². The molecule has 9 heteroatoms. The Morgan fingerprint density at radius 3 is 2.57 bits per heavy atom. The zero-order valence-corrected chi connectivity index (χ0v) is 30.4. The molecule has 278 valence electrons. The fourth-order valence-electron chi connectivity index (χ4n) is 9.96. The molecule has 1 saturated carbocycles. The molecule has 1 aromatic heterocycles. The number of aliphatic hydroxyl groups is 1. The van der Waals surface area contributed by atoms with E-state index in [9.17, 15) is 15.3 Å². The van der Waals surface area contributed by atoms with Crippen molar-refractivity contribution in [3.63, 3.8) is 0 Å². The number of fused-ring (bicyclic) bond motifs is 8. The number of aromatic amines is 1. The standard InChI is InChI=1S/C45H46N2O7/c1-51-39-19-26(7-14-38(39)50)43-40(52-23-47-27-4-2-3-5-27)21-35-34-20-33-29(24-6-13-36-25(18-24)16-17-46-36)10-11-30-37(49)15-12-31(41(30)33)42(34)45-32(44(35)54-43)9-8-28(22-48)53-45/h6-7,10-19,27-29,33,40,43,46-50H,2-5,8-9,20-23H2,1H3. The van der Waals surface area contributed by atoms with Gasteiger partial charge in [0.05, 0.1) is 20.4 Å². The third-order valence-electron chi connectivity index (χ3n) is 12.7. The van der Waals surface area contributed by atoms with Gasteiger partial charge in [-0.2, -0.15) is 0 Å². The number of H-pyrrole nitrogens is 1. The number of benzene rings is 4. The number of aromatic hydroxyl groups is 2. The zero-order chi connectivity index (χ0) is 36.5. The second kappa shape index (κ2) is 13.4. The molecule has 0 spiro atoms. The van der Waals surface area contributed by atoms with Gasteiger partial charge in [-0.1, -0.05) is 43.2 Å². The van der Waals surface area contributed by atoms with E-state index < -0.39 is 6.10 Å². The summed E-state index contributed by atoms with van der Waals surface area (Å²) in [7, 11) is 1.56.